The van der Waals surface area contributed by atoms with E-state index in [0.717, 1.165) is 0 Å². The largest absolute Gasteiger partial charge is 0.488 e. The molecule has 0 fully saturated rings. The van der Waals surface area contributed by atoms with E-state index in [2.05, 4.69) is 22.5 Å². The SMILES string of the molecule is CC(C)NC(=O)Nc1ccc2c(c1)C(=O)N([C@@H](C)CO)C[C@H](C)[C@@H](CN(C)C)O2. The number of ether oxygens (including phenoxy) is 1. The molecule has 1 heterocycles. The van der Waals surface area contributed by atoms with Gasteiger partial charge in [-0.3, -0.25) is 4.79 Å². The van der Waals surface area contributed by atoms with Crippen molar-refractivity contribution in [3.8, 4) is 5.75 Å². The molecule has 162 valence electrons. The zero-order chi connectivity index (χ0) is 21.7. The van der Waals surface area contributed by atoms with Crippen LogP contribution >= 0.6 is 0 Å². The molecule has 0 unspecified atom stereocenters. The van der Waals surface area contributed by atoms with Crippen molar-refractivity contribution >= 4 is 17.6 Å². The molecule has 8 heteroatoms. The van der Waals surface area contributed by atoms with Gasteiger partial charge in [0, 0.05) is 30.7 Å². The molecule has 0 spiro atoms. The zero-order valence-corrected chi connectivity index (χ0v) is 18.2. The van der Waals surface area contributed by atoms with Crippen molar-refractivity contribution in [1.82, 2.24) is 15.1 Å². The molecule has 0 aliphatic carbocycles. The van der Waals surface area contributed by atoms with Crippen LogP contribution in [0.1, 0.15) is 38.1 Å². The average Bonchev–Trinajstić information content (AvgIpc) is 2.63. The molecule has 0 saturated heterocycles. The summed E-state index contributed by atoms with van der Waals surface area (Å²) in [4.78, 5) is 29.1. The molecule has 3 amide bonds. The number of rotatable bonds is 6. The van der Waals surface area contributed by atoms with Gasteiger partial charge >= 0.3 is 6.03 Å². The second-order valence-electron chi connectivity index (χ2n) is 8.35. The number of aliphatic hydroxyl groups is 1. The molecule has 0 radical (unpaired) electrons. The van der Waals surface area contributed by atoms with Gasteiger partial charge in [0.15, 0.2) is 0 Å². The predicted octanol–water partition coefficient (Wildman–Crippen LogP) is 2.00. The summed E-state index contributed by atoms with van der Waals surface area (Å²) in [5.74, 6) is 0.348. The molecule has 2 rings (SSSR count). The van der Waals surface area contributed by atoms with Crippen LogP contribution in [-0.4, -0.2) is 78.8 Å². The first kappa shape index (κ1) is 23.0. The van der Waals surface area contributed by atoms with Crippen LogP contribution in [0.15, 0.2) is 18.2 Å². The number of nitrogens with zero attached hydrogens (tertiary/aromatic N) is 2. The van der Waals surface area contributed by atoms with E-state index in [0.29, 0.717) is 30.1 Å². The third-order valence-electron chi connectivity index (χ3n) is 4.89. The fourth-order valence-corrected chi connectivity index (χ4v) is 3.31. The van der Waals surface area contributed by atoms with Crippen molar-refractivity contribution in [3.05, 3.63) is 23.8 Å². The molecule has 3 atom stereocenters. The van der Waals surface area contributed by atoms with Gasteiger partial charge in [0.1, 0.15) is 11.9 Å². The highest BCUT2D eigenvalue weighted by molar-refractivity contribution is 5.99. The highest BCUT2D eigenvalue weighted by atomic mass is 16.5. The minimum atomic E-state index is -0.334. The third kappa shape index (κ3) is 6.08. The number of aliphatic hydroxyl groups excluding tert-OH is 1. The molecule has 0 aromatic heterocycles. The first-order chi connectivity index (χ1) is 13.6. The van der Waals surface area contributed by atoms with Crippen molar-refractivity contribution in [3.63, 3.8) is 0 Å². The summed E-state index contributed by atoms with van der Waals surface area (Å²) in [6, 6.07) is 4.43. The zero-order valence-electron chi connectivity index (χ0n) is 18.2. The van der Waals surface area contributed by atoms with Gasteiger partial charge in [-0.25, -0.2) is 4.79 Å². The molecule has 29 heavy (non-hydrogen) atoms. The minimum Gasteiger partial charge on any atom is -0.488 e. The standard InChI is InChI=1S/C21H34N4O4/c1-13(2)22-21(28)23-16-7-8-18-17(9-16)20(27)25(15(4)12-26)10-14(3)19(29-18)11-24(5)6/h7-9,13-15,19,26H,10-12H2,1-6H3,(H2,22,23,28)/t14-,15-,19+/m0/s1. The molecule has 0 saturated carbocycles. The molecule has 3 N–H and O–H groups in total. The van der Waals surface area contributed by atoms with E-state index in [-0.39, 0.29) is 42.7 Å². The highest BCUT2D eigenvalue weighted by Crippen LogP contribution is 2.30. The summed E-state index contributed by atoms with van der Waals surface area (Å²) in [5, 5.41) is 15.2. The summed E-state index contributed by atoms with van der Waals surface area (Å²) < 4.78 is 6.24. The second-order valence-corrected chi connectivity index (χ2v) is 8.35. The number of likely N-dealkylation sites (N-methyl/N-ethyl adjacent to an activating group) is 1. The summed E-state index contributed by atoms with van der Waals surface area (Å²) >= 11 is 0. The normalized spacial score (nSPS) is 20.6. The lowest BCUT2D eigenvalue weighted by Gasteiger charge is -2.37. The van der Waals surface area contributed by atoms with Crippen LogP contribution in [0.25, 0.3) is 0 Å². The second kappa shape index (κ2) is 9.93. The summed E-state index contributed by atoms with van der Waals surface area (Å²) in [5.41, 5.74) is 0.886. The van der Waals surface area contributed by atoms with Crippen molar-refractivity contribution in [1.29, 1.82) is 0 Å². The van der Waals surface area contributed by atoms with E-state index in [1.54, 1.807) is 23.1 Å². The van der Waals surface area contributed by atoms with Crippen LogP contribution in [0.2, 0.25) is 0 Å². The molecule has 1 aromatic rings. The number of hydrogen-bond acceptors (Lipinski definition) is 5. The Kier molecular flexibility index (Phi) is 7.87. The van der Waals surface area contributed by atoms with Gasteiger partial charge in [0.25, 0.3) is 5.91 Å². The maximum absolute atomic E-state index is 13.3. The smallest absolute Gasteiger partial charge is 0.319 e. The number of nitrogens with one attached hydrogen (secondary N) is 2. The Balaban J connectivity index is 2.41. The lowest BCUT2D eigenvalue weighted by atomic mass is 9.99. The molecular formula is C21H34N4O4. The van der Waals surface area contributed by atoms with Gasteiger partial charge < -0.3 is 30.3 Å². The van der Waals surface area contributed by atoms with Gasteiger partial charge in [-0.1, -0.05) is 6.92 Å². The maximum Gasteiger partial charge on any atom is 0.319 e. The molecular weight excluding hydrogens is 372 g/mol. The highest BCUT2D eigenvalue weighted by Gasteiger charge is 2.33. The van der Waals surface area contributed by atoms with Crippen LogP contribution in [0.3, 0.4) is 0 Å². The number of carbonyl (C=O) groups excluding carboxylic acids is 2. The first-order valence-corrected chi connectivity index (χ1v) is 10.1. The van der Waals surface area contributed by atoms with Crippen molar-refractivity contribution in [2.45, 2.75) is 45.9 Å². The number of urea groups is 1. The number of fused-ring (bicyclic) bond motifs is 1. The summed E-state index contributed by atoms with van der Waals surface area (Å²) in [6.45, 7) is 8.68. The van der Waals surface area contributed by atoms with Crippen molar-refractivity contribution in [2.24, 2.45) is 5.92 Å². The lowest BCUT2D eigenvalue weighted by Crippen LogP contribution is -2.49. The van der Waals surface area contributed by atoms with Crippen molar-refractivity contribution < 1.29 is 19.4 Å². The summed E-state index contributed by atoms with van der Waals surface area (Å²) in [6.07, 6.45) is -0.117. The van der Waals surface area contributed by atoms with E-state index in [9.17, 15) is 14.7 Å². The molecule has 0 bridgehead atoms. The van der Waals surface area contributed by atoms with Crippen LogP contribution in [-0.2, 0) is 0 Å². The Morgan fingerprint density at radius 1 is 1.34 bits per heavy atom. The Labute approximate surface area is 173 Å². The third-order valence-corrected chi connectivity index (χ3v) is 4.89. The van der Waals surface area contributed by atoms with Gasteiger partial charge in [-0.15, -0.1) is 0 Å². The van der Waals surface area contributed by atoms with Crippen LogP contribution in [0.4, 0.5) is 10.5 Å². The fourth-order valence-electron chi connectivity index (χ4n) is 3.31. The number of anilines is 1. The number of amides is 3. The fraction of sp³-hybridized carbons (Fsp3) is 0.619. The van der Waals surface area contributed by atoms with E-state index < -0.39 is 0 Å². The lowest BCUT2D eigenvalue weighted by molar-refractivity contribution is 0.0363. The number of hydrogen-bond donors (Lipinski definition) is 3. The summed E-state index contributed by atoms with van der Waals surface area (Å²) in [7, 11) is 3.96. The van der Waals surface area contributed by atoms with E-state index in [4.69, 9.17) is 4.74 Å². The average molecular weight is 407 g/mol. The van der Waals surface area contributed by atoms with Gasteiger partial charge in [0.2, 0.25) is 0 Å². The molecule has 1 aliphatic heterocycles. The minimum absolute atomic E-state index is 0.00141. The van der Waals surface area contributed by atoms with E-state index >= 15 is 0 Å². The quantitative estimate of drug-likeness (QED) is 0.672. The van der Waals surface area contributed by atoms with Crippen LogP contribution in [0.5, 0.6) is 5.75 Å². The van der Waals surface area contributed by atoms with E-state index in [1.165, 1.54) is 0 Å². The number of benzene rings is 1. The van der Waals surface area contributed by atoms with E-state index in [1.807, 2.05) is 34.9 Å². The van der Waals surface area contributed by atoms with Gasteiger partial charge in [-0.05, 0) is 53.1 Å². The Morgan fingerprint density at radius 2 is 2.03 bits per heavy atom. The predicted molar refractivity (Wildman–Crippen MR) is 113 cm³/mol. The van der Waals surface area contributed by atoms with Crippen LogP contribution in [0, 0.1) is 5.92 Å². The molecule has 1 aliphatic rings. The Bertz CT molecular complexity index is 723. The monoisotopic (exact) mass is 406 g/mol. The molecule has 1 aromatic carbocycles. The Hall–Kier alpha value is -2.32. The van der Waals surface area contributed by atoms with Gasteiger partial charge in [0.05, 0.1) is 18.2 Å². The molecule has 8 nitrogen and oxygen atoms in total. The number of carbonyl (C=O) groups is 2. The van der Waals surface area contributed by atoms with Crippen molar-refractivity contribution in [2.75, 3.05) is 39.1 Å². The van der Waals surface area contributed by atoms with Gasteiger partial charge in [-0.2, -0.15) is 0 Å². The van der Waals surface area contributed by atoms with Crippen LogP contribution < -0.4 is 15.4 Å². The Morgan fingerprint density at radius 3 is 2.62 bits per heavy atom. The topological polar surface area (TPSA) is 94.1 Å². The first-order valence-electron chi connectivity index (χ1n) is 10.1. The maximum atomic E-state index is 13.3.